The molecule has 0 bridgehead atoms. The number of esters is 1. The highest BCUT2D eigenvalue weighted by molar-refractivity contribution is 7.89. The summed E-state index contributed by atoms with van der Waals surface area (Å²) in [5.41, 5.74) is 0. The van der Waals surface area contributed by atoms with Crippen molar-refractivity contribution < 1.29 is 27.5 Å². The van der Waals surface area contributed by atoms with Crippen molar-refractivity contribution in [3.8, 4) is 5.75 Å². The highest BCUT2D eigenvalue weighted by Crippen LogP contribution is 2.15. The Morgan fingerprint density at radius 3 is 2.00 bits per heavy atom. The van der Waals surface area contributed by atoms with E-state index in [1.54, 1.807) is 4.90 Å². The molecule has 0 radical (unpaired) electrons. The summed E-state index contributed by atoms with van der Waals surface area (Å²) in [7, 11) is -2.44. The molecule has 0 aromatic heterocycles. The number of amides is 1. The predicted molar refractivity (Wildman–Crippen MR) is 101 cm³/mol. The monoisotopic (exact) mass is 400 g/mol. The zero-order valence-electron chi connectivity index (χ0n) is 16.6. The Kier molecular flexibility index (Phi) is 8.23. The van der Waals surface area contributed by atoms with Crippen molar-refractivity contribution in [1.82, 2.24) is 9.62 Å². The van der Waals surface area contributed by atoms with E-state index in [1.165, 1.54) is 38.3 Å². The van der Waals surface area contributed by atoms with Crippen molar-refractivity contribution in [3.05, 3.63) is 24.3 Å². The minimum absolute atomic E-state index is 0.00943. The van der Waals surface area contributed by atoms with Gasteiger partial charge in [-0.1, -0.05) is 0 Å². The Morgan fingerprint density at radius 2 is 1.56 bits per heavy atom. The number of methoxy groups -OCH3 is 1. The van der Waals surface area contributed by atoms with E-state index < -0.39 is 28.6 Å². The Labute approximate surface area is 160 Å². The van der Waals surface area contributed by atoms with Crippen molar-refractivity contribution in [2.24, 2.45) is 0 Å². The summed E-state index contributed by atoms with van der Waals surface area (Å²) in [6.45, 7) is 8.38. The van der Waals surface area contributed by atoms with Gasteiger partial charge < -0.3 is 14.4 Å². The Hall–Kier alpha value is -2.13. The van der Waals surface area contributed by atoms with Gasteiger partial charge in [0.25, 0.3) is 5.91 Å². The van der Waals surface area contributed by atoms with Crippen LogP contribution in [-0.2, 0) is 24.3 Å². The molecular formula is C18H28N2O6S. The zero-order chi connectivity index (χ0) is 20.8. The Bertz CT molecular complexity index is 736. The summed E-state index contributed by atoms with van der Waals surface area (Å²) in [6.07, 6.45) is 0. The fraction of sp³-hybridized carbons (Fsp3) is 0.556. The van der Waals surface area contributed by atoms with Crippen LogP contribution in [0.3, 0.4) is 0 Å². The molecule has 1 rings (SSSR count). The molecule has 1 N–H and O–H groups in total. The smallest absolute Gasteiger partial charge is 0.324 e. The third-order valence-corrected chi connectivity index (χ3v) is 5.35. The minimum atomic E-state index is -3.91. The first-order chi connectivity index (χ1) is 12.5. The van der Waals surface area contributed by atoms with Crippen molar-refractivity contribution in [2.75, 3.05) is 13.7 Å². The van der Waals surface area contributed by atoms with Crippen LogP contribution in [0.5, 0.6) is 5.75 Å². The van der Waals surface area contributed by atoms with Crippen LogP contribution >= 0.6 is 0 Å². The molecule has 0 unspecified atom stereocenters. The highest BCUT2D eigenvalue weighted by Gasteiger charge is 2.26. The molecule has 0 aliphatic heterocycles. The van der Waals surface area contributed by atoms with Gasteiger partial charge in [-0.25, -0.2) is 8.42 Å². The van der Waals surface area contributed by atoms with Gasteiger partial charge in [0.05, 0.1) is 12.0 Å². The lowest BCUT2D eigenvalue weighted by Crippen LogP contribution is -2.45. The van der Waals surface area contributed by atoms with Gasteiger partial charge in [0, 0.05) is 12.1 Å². The van der Waals surface area contributed by atoms with Gasteiger partial charge in [-0.2, -0.15) is 4.72 Å². The van der Waals surface area contributed by atoms with Crippen LogP contribution in [0.25, 0.3) is 0 Å². The van der Waals surface area contributed by atoms with E-state index in [1.807, 2.05) is 27.7 Å². The lowest BCUT2D eigenvalue weighted by atomic mass is 10.2. The van der Waals surface area contributed by atoms with Gasteiger partial charge in [-0.05, 0) is 58.9 Å². The molecule has 0 saturated heterocycles. The lowest BCUT2D eigenvalue weighted by Gasteiger charge is -2.30. The molecule has 0 heterocycles. The SMILES string of the molecule is COc1ccc(S(=O)(=O)N[C@@H](C)C(=O)OCC(=O)N(C(C)C)C(C)C)cc1. The van der Waals surface area contributed by atoms with E-state index in [4.69, 9.17) is 9.47 Å². The fourth-order valence-electron chi connectivity index (χ4n) is 2.61. The Balaban J connectivity index is 2.69. The second-order valence-corrected chi connectivity index (χ2v) is 8.33. The minimum Gasteiger partial charge on any atom is -0.497 e. The molecule has 0 fully saturated rings. The lowest BCUT2D eigenvalue weighted by molar-refractivity contribution is -0.154. The van der Waals surface area contributed by atoms with E-state index in [0.717, 1.165) is 0 Å². The number of nitrogens with one attached hydrogen (secondary N) is 1. The number of nitrogens with zero attached hydrogens (tertiary/aromatic N) is 1. The molecule has 8 nitrogen and oxygen atoms in total. The maximum Gasteiger partial charge on any atom is 0.324 e. The molecule has 27 heavy (non-hydrogen) atoms. The topological polar surface area (TPSA) is 102 Å². The number of rotatable bonds is 9. The summed E-state index contributed by atoms with van der Waals surface area (Å²) in [4.78, 5) is 25.9. The summed E-state index contributed by atoms with van der Waals surface area (Å²) < 4.78 is 36.9. The first-order valence-electron chi connectivity index (χ1n) is 8.63. The molecule has 0 aliphatic rings. The molecule has 0 saturated carbocycles. The number of ether oxygens (including phenoxy) is 2. The number of carbonyl (C=O) groups excluding carboxylic acids is 2. The van der Waals surface area contributed by atoms with Crippen LogP contribution in [0.4, 0.5) is 0 Å². The van der Waals surface area contributed by atoms with Gasteiger partial charge in [-0.3, -0.25) is 9.59 Å². The first-order valence-corrected chi connectivity index (χ1v) is 10.1. The second kappa shape index (κ2) is 9.70. The largest absolute Gasteiger partial charge is 0.497 e. The first kappa shape index (κ1) is 22.9. The van der Waals surface area contributed by atoms with Gasteiger partial charge in [0.15, 0.2) is 6.61 Å². The van der Waals surface area contributed by atoms with Crippen molar-refractivity contribution in [1.29, 1.82) is 0 Å². The summed E-state index contributed by atoms with van der Waals surface area (Å²) >= 11 is 0. The molecule has 1 aromatic rings. The molecule has 1 aromatic carbocycles. The van der Waals surface area contributed by atoms with Crippen LogP contribution < -0.4 is 9.46 Å². The number of hydrogen-bond donors (Lipinski definition) is 1. The van der Waals surface area contributed by atoms with E-state index in [2.05, 4.69) is 4.72 Å². The van der Waals surface area contributed by atoms with Crippen molar-refractivity contribution in [3.63, 3.8) is 0 Å². The van der Waals surface area contributed by atoms with E-state index >= 15 is 0 Å². The second-order valence-electron chi connectivity index (χ2n) is 6.61. The number of sulfonamides is 1. The number of benzene rings is 1. The average Bonchev–Trinajstić information content (AvgIpc) is 2.58. The summed E-state index contributed by atoms with van der Waals surface area (Å²) in [6, 6.07) is 4.52. The molecule has 9 heteroatoms. The van der Waals surface area contributed by atoms with Crippen LogP contribution in [0.2, 0.25) is 0 Å². The third kappa shape index (κ3) is 6.51. The summed E-state index contributed by atoms with van der Waals surface area (Å²) in [5.74, 6) is -0.647. The van der Waals surface area contributed by atoms with Gasteiger partial charge >= 0.3 is 5.97 Å². The van der Waals surface area contributed by atoms with Gasteiger partial charge in [-0.15, -0.1) is 0 Å². The normalized spacial score (nSPS) is 12.7. The molecule has 1 amide bonds. The quantitative estimate of drug-likeness (QED) is 0.631. The van der Waals surface area contributed by atoms with Crippen LogP contribution in [0.1, 0.15) is 34.6 Å². The molecule has 152 valence electrons. The van der Waals surface area contributed by atoms with E-state index in [-0.39, 0.29) is 22.9 Å². The van der Waals surface area contributed by atoms with Crippen molar-refractivity contribution in [2.45, 2.75) is 57.6 Å². The number of hydrogen-bond acceptors (Lipinski definition) is 6. The fourth-order valence-corrected chi connectivity index (χ4v) is 3.80. The van der Waals surface area contributed by atoms with E-state index in [9.17, 15) is 18.0 Å². The highest BCUT2D eigenvalue weighted by atomic mass is 32.2. The average molecular weight is 400 g/mol. The van der Waals surface area contributed by atoms with Gasteiger partial charge in [0.2, 0.25) is 10.0 Å². The van der Waals surface area contributed by atoms with Gasteiger partial charge in [0.1, 0.15) is 11.8 Å². The molecular weight excluding hydrogens is 372 g/mol. The maximum atomic E-state index is 12.3. The Morgan fingerprint density at radius 1 is 1.04 bits per heavy atom. The summed E-state index contributed by atoms with van der Waals surface area (Å²) in [5, 5.41) is 0. The molecule has 1 atom stereocenters. The van der Waals surface area contributed by atoms with Crippen LogP contribution in [0.15, 0.2) is 29.2 Å². The third-order valence-electron chi connectivity index (χ3n) is 3.79. The molecule has 0 spiro atoms. The zero-order valence-corrected chi connectivity index (χ0v) is 17.4. The maximum absolute atomic E-state index is 12.3. The van der Waals surface area contributed by atoms with Crippen LogP contribution in [0, 0.1) is 0 Å². The molecule has 0 aliphatic carbocycles. The van der Waals surface area contributed by atoms with Crippen LogP contribution in [-0.4, -0.2) is 57.0 Å². The van der Waals surface area contributed by atoms with E-state index in [0.29, 0.717) is 5.75 Å². The predicted octanol–water partition coefficient (Wildman–Crippen LogP) is 1.55. The standard InChI is InChI=1S/C18H28N2O6S/c1-12(2)20(13(3)4)17(21)11-26-18(22)14(5)19-27(23,24)16-9-7-15(25-6)8-10-16/h7-10,12-14,19H,11H2,1-6H3/t14-/m0/s1. The van der Waals surface area contributed by atoms with Crippen molar-refractivity contribution >= 4 is 21.9 Å². The number of carbonyl (C=O) groups is 2.